The van der Waals surface area contributed by atoms with Crippen LogP contribution < -0.4 is 10.6 Å². The Morgan fingerprint density at radius 3 is 2.79 bits per heavy atom. The van der Waals surface area contributed by atoms with Gasteiger partial charge < -0.3 is 15.4 Å². The van der Waals surface area contributed by atoms with Gasteiger partial charge in [0, 0.05) is 24.9 Å². The second-order valence-electron chi connectivity index (χ2n) is 5.66. The van der Waals surface area contributed by atoms with Crippen LogP contribution in [0.3, 0.4) is 0 Å². The van der Waals surface area contributed by atoms with Gasteiger partial charge in [0.25, 0.3) is 0 Å². The highest BCUT2D eigenvalue weighted by molar-refractivity contribution is 7.99. The molecule has 0 saturated heterocycles. The largest absolute Gasteiger partial charge is 0.376 e. The number of hydrogen-bond donors (Lipinski definition) is 2. The highest BCUT2D eigenvalue weighted by Crippen LogP contribution is 2.34. The Kier molecular flexibility index (Phi) is 5.39. The molecule has 110 valence electrons. The maximum absolute atomic E-state index is 11.9. The number of methoxy groups -OCH3 is 1. The van der Waals surface area contributed by atoms with Crippen molar-refractivity contribution < 1.29 is 9.53 Å². The Balaban J connectivity index is 1.65. The van der Waals surface area contributed by atoms with Crippen molar-refractivity contribution in [3.05, 3.63) is 0 Å². The minimum Gasteiger partial charge on any atom is -0.376 e. The minimum absolute atomic E-state index is 0.0320. The van der Waals surface area contributed by atoms with Gasteiger partial charge in [-0.25, -0.2) is 4.79 Å². The van der Waals surface area contributed by atoms with E-state index in [0.717, 1.165) is 30.9 Å². The molecular weight excluding hydrogens is 260 g/mol. The highest BCUT2D eigenvalue weighted by Gasteiger charge is 2.37. The van der Waals surface area contributed by atoms with Crippen LogP contribution in [0.4, 0.5) is 4.79 Å². The second kappa shape index (κ2) is 6.84. The fourth-order valence-corrected chi connectivity index (χ4v) is 4.10. The summed E-state index contributed by atoms with van der Waals surface area (Å²) >= 11 is 2.01. The molecule has 0 aromatic carbocycles. The van der Waals surface area contributed by atoms with Crippen LogP contribution >= 0.6 is 11.8 Å². The lowest BCUT2D eigenvalue weighted by atomic mass is 9.80. The van der Waals surface area contributed by atoms with E-state index in [1.165, 1.54) is 18.6 Å². The molecule has 0 bridgehead atoms. The molecule has 5 heteroatoms. The number of ether oxygens (including phenoxy) is 1. The van der Waals surface area contributed by atoms with E-state index in [1.54, 1.807) is 7.11 Å². The molecule has 0 aromatic heterocycles. The Hall–Kier alpha value is -0.420. The summed E-state index contributed by atoms with van der Waals surface area (Å²) in [5.74, 6) is 1.17. The van der Waals surface area contributed by atoms with Crippen molar-refractivity contribution in [2.75, 3.05) is 19.4 Å². The maximum atomic E-state index is 11.9. The molecular formula is C14H26N2O2S. The minimum atomic E-state index is -0.0897. The molecule has 0 radical (unpaired) electrons. The maximum Gasteiger partial charge on any atom is 0.315 e. The zero-order chi connectivity index (χ0) is 13.7. The van der Waals surface area contributed by atoms with Crippen LogP contribution in [0.1, 0.15) is 45.4 Å². The van der Waals surface area contributed by atoms with Gasteiger partial charge >= 0.3 is 6.03 Å². The molecule has 19 heavy (non-hydrogen) atoms. The molecule has 2 aliphatic carbocycles. The summed E-state index contributed by atoms with van der Waals surface area (Å²) in [5.41, 5.74) is -0.0897. The van der Waals surface area contributed by atoms with Crippen LogP contribution in [-0.2, 0) is 4.74 Å². The van der Waals surface area contributed by atoms with E-state index in [0.29, 0.717) is 12.6 Å². The van der Waals surface area contributed by atoms with Crippen molar-refractivity contribution in [2.45, 2.75) is 62.3 Å². The Labute approximate surface area is 120 Å². The van der Waals surface area contributed by atoms with Gasteiger partial charge in [-0.1, -0.05) is 6.92 Å². The lowest BCUT2D eigenvalue weighted by Crippen LogP contribution is -2.52. The number of carbonyl (C=O) groups is 1. The van der Waals surface area contributed by atoms with E-state index in [1.807, 2.05) is 11.8 Å². The van der Waals surface area contributed by atoms with Gasteiger partial charge in [-0.2, -0.15) is 11.8 Å². The number of thioether (sulfide) groups is 1. The van der Waals surface area contributed by atoms with E-state index < -0.39 is 0 Å². The van der Waals surface area contributed by atoms with Gasteiger partial charge in [0.2, 0.25) is 0 Å². The summed E-state index contributed by atoms with van der Waals surface area (Å²) in [7, 11) is 1.74. The molecule has 0 aromatic rings. The first-order chi connectivity index (χ1) is 9.17. The summed E-state index contributed by atoms with van der Waals surface area (Å²) < 4.78 is 5.50. The van der Waals surface area contributed by atoms with Crippen LogP contribution in [0.15, 0.2) is 0 Å². The third-order valence-corrected chi connectivity index (χ3v) is 5.62. The molecule has 2 aliphatic rings. The molecule has 2 fully saturated rings. The molecule has 0 spiro atoms. The summed E-state index contributed by atoms with van der Waals surface area (Å²) in [4.78, 5) is 11.9. The number of urea groups is 1. The Morgan fingerprint density at radius 2 is 2.21 bits per heavy atom. The van der Waals surface area contributed by atoms with E-state index in [2.05, 4.69) is 17.6 Å². The van der Waals surface area contributed by atoms with Crippen molar-refractivity contribution in [1.29, 1.82) is 0 Å². The monoisotopic (exact) mass is 286 g/mol. The Bertz CT molecular complexity index is 302. The smallest absolute Gasteiger partial charge is 0.315 e. The van der Waals surface area contributed by atoms with Gasteiger partial charge in [0.1, 0.15) is 0 Å². The van der Waals surface area contributed by atoms with E-state index in [4.69, 9.17) is 4.74 Å². The van der Waals surface area contributed by atoms with E-state index >= 15 is 0 Å². The summed E-state index contributed by atoms with van der Waals surface area (Å²) in [5, 5.41) is 6.79. The van der Waals surface area contributed by atoms with Crippen molar-refractivity contribution in [1.82, 2.24) is 10.6 Å². The molecule has 2 unspecified atom stereocenters. The van der Waals surface area contributed by atoms with Gasteiger partial charge in [-0.05, 0) is 44.3 Å². The molecule has 2 N–H and O–H groups in total. The zero-order valence-corrected chi connectivity index (χ0v) is 12.9. The fraction of sp³-hybridized carbons (Fsp3) is 0.929. The molecule has 2 amide bonds. The predicted molar refractivity (Wildman–Crippen MR) is 79.7 cm³/mol. The molecule has 2 rings (SSSR count). The van der Waals surface area contributed by atoms with Crippen molar-refractivity contribution in [3.63, 3.8) is 0 Å². The number of rotatable bonds is 6. The van der Waals surface area contributed by atoms with E-state index in [9.17, 15) is 4.79 Å². The molecule has 2 saturated carbocycles. The van der Waals surface area contributed by atoms with Gasteiger partial charge in [-0.15, -0.1) is 0 Å². The zero-order valence-electron chi connectivity index (χ0n) is 12.0. The average molecular weight is 286 g/mol. The number of nitrogens with one attached hydrogen (secondary N) is 2. The molecule has 0 heterocycles. The predicted octanol–water partition coefficient (Wildman–Crippen LogP) is 2.53. The standard InChI is InChI=1S/C14H26N2O2S/c1-3-19-12-6-5-11(9-12)16-13(17)15-10-14(18-2)7-4-8-14/h11-12H,3-10H2,1-2H3,(H2,15,16,17). The van der Waals surface area contributed by atoms with Gasteiger partial charge in [0.15, 0.2) is 0 Å². The first-order valence-electron chi connectivity index (χ1n) is 7.38. The summed E-state index contributed by atoms with van der Waals surface area (Å²) in [6, 6.07) is 0.319. The first kappa shape index (κ1) is 15.0. The quantitative estimate of drug-likeness (QED) is 0.789. The van der Waals surface area contributed by atoms with Crippen LogP contribution in [0, 0.1) is 0 Å². The molecule has 2 atom stereocenters. The highest BCUT2D eigenvalue weighted by atomic mass is 32.2. The van der Waals surface area contributed by atoms with Crippen LogP contribution in [-0.4, -0.2) is 42.3 Å². The summed E-state index contributed by atoms with van der Waals surface area (Å²) in [6.45, 7) is 2.83. The van der Waals surface area contributed by atoms with Crippen molar-refractivity contribution >= 4 is 17.8 Å². The SMILES string of the molecule is CCSC1CCC(NC(=O)NCC2(OC)CCC2)C1. The lowest BCUT2D eigenvalue weighted by Gasteiger charge is -2.40. The fourth-order valence-electron chi connectivity index (χ4n) is 2.96. The van der Waals surface area contributed by atoms with Crippen molar-refractivity contribution in [2.24, 2.45) is 0 Å². The van der Waals surface area contributed by atoms with Crippen LogP contribution in [0.2, 0.25) is 0 Å². The second-order valence-corrected chi connectivity index (χ2v) is 7.23. The number of carbonyl (C=O) groups excluding carboxylic acids is 1. The normalized spacial score (nSPS) is 28.7. The van der Waals surface area contributed by atoms with Crippen molar-refractivity contribution in [3.8, 4) is 0 Å². The molecule has 0 aliphatic heterocycles. The number of hydrogen-bond acceptors (Lipinski definition) is 3. The Morgan fingerprint density at radius 1 is 1.42 bits per heavy atom. The van der Waals surface area contributed by atoms with E-state index in [-0.39, 0.29) is 11.6 Å². The first-order valence-corrected chi connectivity index (χ1v) is 8.43. The van der Waals surface area contributed by atoms with Gasteiger partial charge in [0.05, 0.1) is 5.60 Å². The average Bonchev–Trinajstić information content (AvgIpc) is 2.76. The lowest BCUT2D eigenvalue weighted by molar-refractivity contribution is -0.0674. The van der Waals surface area contributed by atoms with Crippen LogP contribution in [0.5, 0.6) is 0 Å². The van der Waals surface area contributed by atoms with Crippen LogP contribution in [0.25, 0.3) is 0 Å². The topological polar surface area (TPSA) is 50.4 Å². The molecule has 4 nitrogen and oxygen atoms in total. The number of amides is 2. The third-order valence-electron chi connectivity index (χ3n) is 4.39. The third kappa shape index (κ3) is 4.02. The van der Waals surface area contributed by atoms with Gasteiger partial charge in [-0.3, -0.25) is 0 Å². The summed E-state index contributed by atoms with van der Waals surface area (Å²) in [6.07, 6.45) is 6.77.